The maximum Gasteiger partial charge on any atom is 0.231 e. The maximum absolute atomic E-state index is 12.2. The van der Waals surface area contributed by atoms with E-state index in [0.717, 1.165) is 30.5 Å². The van der Waals surface area contributed by atoms with Gasteiger partial charge >= 0.3 is 0 Å². The number of carbonyl (C=O) groups is 1. The number of nitrogens with zero attached hydrogens (tertiary/aromatic N) is 1. The number of benzene rings is 1. The quantitative estimate of drug-likeness (QED) is 0.742. The molecule has 4 rings (SSSR count). The molecule has 0 bridgehead atoms. The van der Waals surface area contributed by atoms with E-state index in [1.54, 1.807) is 10.6 Å². The van der Waals surface area contributed by atoms with Crippen LogP contribution in [0.1, 0.15) is 34.9 Å². The third-order valence-electron chi connectivity index (χ3n) is 4.11. The highest BCUT2D eigenvalue weighted by Gasteiger charge is 2.34. The summed E-state index contributed by atoms with van der Waals surface area (Å²) >= 11 is 0. The second kappa shape index (κ2) is 3.36. The Kier molecular flexibility index (Phi) is 1.89. The van der Waals surface area contributed by atoms with Crippen molar-refractivity contribution >= 4 is 16.8 Å². The number of fused-ring (bicyclic) bond motifs is 3. The molecule has 0 saturated carbocycles. The molecule has 1 aromatic heterocycles. The van der Waals surface area contributed by atoms with Crippen LogP contribution in [0.4, 0.5) is 0 Å². The van der Waals surface area contributed by atoms with Crippen molar-refractivity contribution in [3.8, 4) is 5.75 Å². The van der Waals surface area contributed by atoms with Crippen LogP contribution in [0, 0.1) is 0 Å². The Hall–Kier alpha value is -1.81. The van der Waals surface area contributed by atoms with E-state index >= 15 is 0 Å². The Morgan fingerprint density at radius 2 is 2.22 bits per heavy atom. The van der Waals surface area contributed by atoms with Crippen molar-refractivity contribution in [2.24, 2.45) is 0 Å². The molecule has 4 heteroatoms. The van der Waals surface area contributed by atoms with Gasteiger partial charge in [-0.2, -0.15) is 0 Å². The molecule has 2 aromatic rings. The Bertz CT molecular complexity index is 672. The van der Waals surface area contributed by atoms with E-state index in [0.29, 0.717) is 11.9 Å². The Labute approximate surface area is 104 Å². The first kappa shape index (κ1) is 10.1. The zero-order valence-corrected chi connectivity index (χ0v) is 9.94. The largest absolute Gasteiger partial charge is 0.506 e. The van der Waals surface area contributed by atoms with Crippen LogP contribution < -0.4 is 5.32 Å². The summed E-state index contributed by atoms with van der Waals surface area (Å²) < 4.78 is 1.74. The van der Waals surface area contributed by atoms with Gasteiger partial charge in [-0.15, -0.1) is 0 Å². The summed E-state index contributed by atoms with van der Waals surface area (Å²) in [5.41, 5.74) is 3.01. The number of nitrogens with one attached hydrogen (secondary N) is 1. The van der Waals surface area contributed by atoms with Gasteiger partial charge in [-0.1, -0.05) is 12.1 Å². The molecule has 0 spiro atoms. The second-order valence-corrected chi connectivity index (χ2v) is 5.06. The molecule has 0 amide bonds. The summed E-state index contributed by atoms with van der Waals surface area (Å²) in [5.74, 6) is 0.304. The molecule has 2 aliphatic heterocycles. The smallest absolute Gasteiger partial charge is 0.231 e. The van der Waals surface area contributed by atoms with Crippen LogP contribution in [0.5, 0.6) is 5.75 Å². The summed E-state index contributed by atoms with van der Waals surface area (Å²) in [7, 11) is 0. The number of para-hydroxylation sites is 1. The molecule has 4 nitrogen and oxygen atoms in total. The van der Waals surface area contributed by atoms with Gasteiger partial charge in [0.1, 0.15) is 5.75 Å². The molecule has 1 aromatic carbocycles. The SMILES string of the molecule is O=C1CCC2NCCc3c2n1c1c(O)cccc31. The van der Waals surface area contributed by atoms with Crippen LogP contribution in [0.3, 0.4) is 0 Å². The van der Waals surface area contributed by atoms with Gasteiger partial charge in [0.2, 0.25) is 5.91 Å². The minimum absolute atomic E-state index is 0.0997. The number of phenols is 1. The number of carbonyl (C=O) groups excluding carboxylic acids is 1. The molecule has 1 atom stereocenters. The van der Waals surface area contributed by atoms with E-state index in [-0.39, 0.29) is 17.7 Å². The number of rotatable bonds is 0. The van der Waals surface area contributed by atoms with Crippen molar-refractivity contribution in [2.45, 2.75) is 25.3 Å². The average Bonchev–Trinajstić information content (AvgIpc) is 2.73. The summed E-state index contributed by atoms with van der Waals surface area (Å²) in [6, 6.07) is 5.77. The molecule has 0 saturated heterocycles. The summed E-state index contributed by atoms with van der Waals surface area (Å²) in [6.45, 7) is 0.945. The van der Waals surface area contributed by atoms with Crippen molar-refractivity contribution in [1.82, 2.24) is 9.88 Å². The molecule has 3 heterocycles. The Morgan fingerprint density at radius 3 is 3.11 bits per heavy atom. The highest BCUT2D eigenvalue weighted by atomic mass is 16.3. The minimum atomic E-state index is 0.0997. The van der Waals surface area contributed by atoms with E-state index in [1.807, 2.05) is 12.1 Å². The summed E-state index contributed by atoms with van der Waals surface area (Å²) in [4.78, 5) is 12.2. The highest BCUT2D eigenvalue weighted by Crippen LogP contribution is 2.40. The van der Waals surface area contributed by atoms with Gasteiger partial charge in [-0.25, -0.2) is 0 Å². The van der Waals surface area contributed by atoms with Crippen LogP contribution in [-0.4, -0.2) is 22.1 Å². The third kappa shape index (κ3) is 1.11. The van der Waals surface area contributed by atoms with Gasteiger partial charge in [0.25, 0.3) is 0 Å². The summed E-state index contributed by atoms with van der Waals surface area (Å²) in [5, 5.41) is 14.6. The Balaban J connectivity index is 2.19. The molecule has 0 radical (unpaired) electrons. The number of aromatic hydroxyl groups is 1. The van der Waals surface area contributed by atoms with Crippen molar-refractivity contribution in [3.05, 3.63) is 29.5 Å². The van der Waals surface area contributed by atoms with Gasteiger partial charge in [-0.3, -0.25) is 9.36 Å². The standard InChI is InChI=1S/C14H14N2O2/c17-11-3-1-2-8-9-6-7-15-10-4-5-12(18)16(13(9)10)14(8)11/h1-3,10,15,17H,4-7H2. The number of phenolic OH excluding ortho intramolecular Hbond substituents is 1. The zero-order valence-electron chi connectivity index (χ0n) is 9.94. The zero-order chi connectivity index (χ0) is 12.3. The molecule has 1 unspecified atom stereocenters. The molecule has 18 heavy (non-hydrogen) atoms. The molecule has 2 aliphatic rings. The number of aromatic nitrogens is 1. The lowest BCUT2D eigenvalue weighted by Crippen LogP contribution is -2.36. The average molecular weight is 242 g/mol. The van der Waals surface area contributed by atoms with Crippen LogP contribution in [0.25, 0.3) is 10.9 Å². The van der Waals surface area contributed by atoms with Crippen LogP contribution in [0.2, 0.25) is 0 Å². The first-order valence-corrected chi connectivity index (χ1v) is 6.39. The minimum Gasteiger partial charge on any atom is -0.506 e. The van der Waals surface area contributed by atoms with Gasteiger partial charge < -0.3 is 10.4 Å². The van der Waals surface area contributed by atoms with Crippen molar-refractivity contribution in [3.63, 3.8) is 0 Å². The number of hydrogen-bond donors (Lipinski definition) is 2. The molecule has 0 aliphatic carbocycles. The Morgan fingerprint density at radius 1 is 1.33 bits per heavy atom. The van der Waals surface area contributed by atoms with E-state index in [2.05, 4.69) is 5.32 Å². The normalized spacial score (nSPS) is 22.2. The number of hydrogen-bond acceptors (Lipinski definition) is 3. The lowest BCUT2D eigenvalue weighted by molar-refractivity contribution is 0.0873. The van der Waals surface area contributed by atoms with Crippen molar-refractivity contribution < 1.29 is 9.90 Å². The van der Waals surface area contributed by atoms with Crippen LogP contribution >= 0.6 is 0 Å². The predicted octanol–water partition coefficient (Wildman–Crippen LogP) is 1.97. The highest BCUT2D eigenvalue weighted by molar-refractivity contribution is 6.00. The lowest BCUT2D eigenvalue weighted by atomic mass is 9.94. The van der Waals surface area contributed by atoms with E-state index in [4.69, 9.17) is 0 Å². The van der Waals surface area contributed by atoms with Crippen LogP contribution in [-0.2, 0) is 6.42 Å². The fourth-order valence-corrected chi connectivity index (χ4v) is 3.38. The maximum atomic E-state index is 12.2. The molecular weight excluding hydrogens is 228 g/mol. The molecule has 92 valence electrons. The van der Waals surface area contributed by atoms with Crippen molar-refractivity contribution in [2.75, 3.05) is 6.54 Å². The lowest BCUT2D eigenvalue weighted by Gasteiger charge is -2.29. The van der Waals surface area contributed by atoms with E-state index in [1.165, 1.54) is 5.56 Å². The molecule has 0 fully saturated rings. The van der Waals surface area contributed by atoms with Gasteiger partial charge in [0.05, 0.1) is 5.52 Å². The first-order chi connectivity index (χ1) is 8.77. The molecule has 2 N–H and O–H groups in total. The first-order valence-electron chi connectivity index (χ1n) is 6.39. The fourth-order valence-electron chi connectivity index (χ4n) is 3.38. The van der Waals surface area contributed by atoms with E-state index in [9.17, 15) is 9.90 Å². The van der Waals surface area contributed by atoms with E-state index < -0.39 is 0 Å². The third-order valence-corrected chi connectivity index (χ3v) is 4.11. The van der Waals surface area contributed by atoms with Gasteiger partial charge in [0, 0.05) is 23.5 Å². The van der Waals surface area contributed by atoms with Crippen molar-refractivity contribution in [1.29, 1.82) is 0 Å². The topological polar surface area (TPSA) is 54.3 Å². The van der Waals surface area contributed by atoms with Gasteiger partial charge in [0.15, 0.2) is 0 Å². The summed E-state index contributed by atoms with van der Waals surface area (Å²) in [6.07, 6.45) is 2.33. The van der Waals surface area contributed by atoms with Gasteiger partial charge in [-0.05, 0) is 31.0 Å². The van der Waals surface area contributed by atoms with Crippen LogP contribution in [0.15, 0.2) is 18.2 Å². The predicted molar refractivity (Wildman–Crippen MR) is 67.9 cm³/mol. The molecular formula is C14H14N2O2. The fraction of sp³-hybridized carbons (Fsp3) is 0.357. The second-order valence-electron chi connectivity index (χ2n) is 5.06. The monoisotopic (exact) mass is 242 g/mol.